The summed E-state index contributed by atoms with van der Waals surface area (Å²) >= 11 is 0. The lowest BCUT2D eigenvalue weighted by Gasteiger charge is -2.35. The number of nitrogens with zero attached hydrogens (tertiary/aromatic N) is 3. The molecule has 2 amide bonds. The zero-order valence-corrected chi connectivity index (χ0v) is 14.8. The van der Waals surface area contributed by atoms with Gasteiger partial charge in [-0.25, -0.2) is 0 Å². The lowest BCUT2D eigenvalue weighted by molar-refractivity contribution is 0.0606. The number of carbonyl (C=O) groups is 2. The number of carbonyl (C=O) groups excluding carboxylic acids is 2. The van der Waals surface area contributed by atoms with E-state index in [9.17, 15) is 9.59 Å². The van der Waals surface area contributed by atoms with Crippen LogP contribution in [0.25, 0.3) is 5.69 Å². The number of piperidine rings is 1. The van der Waals surface area contributed by atoms with E-state index in [1.165, 1.54) is 0 Å². The first-order valence-electron chi connectivity index (χ1n) is 9.03. The van der Waals surface area contributed by atoms with Crippen LogP contribution in [0.1, 0.15) is 51.8 Å². The Bertz CT molecular complexity index is 943. The molecule has 1 fully saturated rings. The molecule has 1 atom stereocenters. The highest BCUT2D eigenvalue weighted by Crippen LogP contribution is 2.31. The molecule has 0 bridgehead atoms. The maximum atomic E-state index is 13.1. The van der Waals surface area contributed by atoms with Crippen molar-refractivity contribution in [1.82, 2.24) is 19.7 Å². The van der Waals surface area contributed by atoms with Gasteiger partial charge < -0.3 is 15.2 Å². The third kappa shape index (κ3) is 3.36. The Morgan fingerprint density at radius 2 is 1.85 bits per heavy atom. The largest absolute Gasteiger partial charge is 0.364 e. The molecule has 0 saturated carbocycles. The van der Waals surface area contributed by atoms with Crippen LogP contribution in [0.15, 0.2) is 54.9 Å². The van der Waals surface area contributed by atoms with Gasteiger partial charge in [-0.05, 0) is 61.7 Å². The van der Waals surface area contributed by atoms with E-state index < -0.39 is 5.91 Å². The summed E-state index contributed by atoms with van der Waals surface area (Å²) in [6.07, 6.45) is 6.73. The fraction of sp³-hybridized carbons (Fsp3) is 0.250. The van der Waals surface area contributed by atoms with Crippen molar-refractivity contribution in [2.24, 2.45) is 5.73 Å². The number of aromatic amines is 1. The summed E-state index contributed by atoms with van der Waals surface area (Å²) in [5.41, 5.74) is 7.89. The van der Waals surface area contributed by atoms with Crippen LogP contribution < -0.4 is 5.73 Å². The van der Waals surface area contributed by atoms with Crippen molar-refractivity contribution < 1.29 is 9.59 Å². The molecule has 3 aromatic rings. The van der Waals surface area contributed by atoms with Crippen molar-refractivity contribution in [2.45, 2.75) is 25.3 Å². The van der Waals surface area contributed by atoms with Gasteiger partial charge in [-0.1, -0.05) is 0 Å². The average molecular weight is 363 g/mol. The van der Waals surface area contributed by atoms with Gasteiger partial charge in [0.15, 0.2) is 0 Å². The van der Waals surface area contributed by atoms with E-state index in [4.69, 9.17) is 5.73 Å². The lowest BCUT2D eigenvalue weighted by Crippen LogP contribution is -2.38. The maximum Gasteiger partial charge on any atom is 0.269 e. The van der Waals surface area contributed by atoms with Gasteiger partial charge >= 0.3 is 0 Å². The Kier molecular flexibility index (Phi) is 4.50. The number of amides is 2. The number of hydrogen-bond donors (Lipinski definition) is 2. The van der Waals surface area contributed by atoms with Gasteiger partial charge in [0.25, 0.3) is 11.8 Å². The van der Waals surface area contributed by atoms with Crippen molar-refractivity contribution in [1.29, 1.82) is 0 Å². The standard InChI is InChI=1S/C20H21N5O2/c21-19(26)17-13-16(22-23-17)18-5-1-2-12-25(18)20(27)14-6-8-15(9-7-14)24-10-3-4-11-24/h3-4,6-11,13,18H,1-2,5,12H2,(H2,21,26)(H,22,23). The summed E-state index contributed by atoms with van der Waals surface area (Å²) in [4.78, 5) is 26.3. The van der Waals surface area contributed by atoms with Crippen molar-refractivity contribution in [2.75, 3.05) is 6.54 Å². The van der Waals surface area contributed by atoms with Gasteiger partial charge in [0, 0.05) is 30.2 Å². The van der Waals surface area contributed by atoms with Crippen LogP contribution >= 0.6 is 0 Å². The fourth-order valence-corrected chi connectivity index (χ4v) is 3.58. The normalized spacial score (nSPS) is 17.0. The molecule has 0 spiro atoms. The molecule has 138 valence electrons. The molecule has 7 nitrogen and oxygen atoms in total. The predicted molar refractivity (Wildman–Crippen MR) is 101 cm³/mol. The Hall–Kier alpha value is -3.35. The zero-order valence-electron chi connectivity index (χ0n) is 14.8. The second-order valence-electron chi connectivity index (χ2n) is 6.72. The van der Waals surface area contributed by atoms with Crippen LogP contribution in [0.4, 0.5) is 0 Å². The number of aromatic nitrogens is 3. The van der Waals surface area contributed by atoms with Crippen molar-refractivity contribution in [3.63, 3.8) is 0 Å². The van der Waals surface area contributed by atoms with E-state index >= 15 is 0 Å². The second kappa shape index (κ2) is 7.11. The molecule has 7 heteroatoms. The summed E-state index contributed by atoms with van der Waals surface area (Å²) in [5, 5.41) is 6.83. The smallest absolute Gasteiger partial charge is 0.269 e. The number of rotatable bonds is 4. The van der Waals surface area contributed by atoms with Gasteiger partial charge in [0.2, 0.25) is 0 Å². The highest BCUT2D eigenvalue weighted by atomic mass is 16.2. The Morgan fingerprint density at radius 3 is 2.52 bits per heavy atom. The van der Waals surface area contributed by atoms with Gasteiger partial charge in [-0.3, -0.25) is 14.7 Å². The highest BCUT2D eigenvalue weighted by Gasteiger charge is 2.30. The molecule has 1 aliphatic heterocycles. The first-order chi connectivity index (χ1) is 13.1. The molecular formula is C20H21N5O2. The summed E-state index contributed by atoms with van der Waals surface area (Å²) in [6.45, 7) is 0.674. The minimum absolute atomic E-state index is 0.0195. The van der Waals surface area contributed by atoms with Crippen molar-refractivity contribution in [3.8, 4) is 5.69 Å². The molecule has 3 N–H and O–H groups in total. The van der Waals surface area contributed by atoms with E-state index in [0.29, 0.717) is 12.1 Å². The van der Waals surface area contributed by atoms with Crippen molar-refractivity contribution in [3.05, 3.63) is 71.8 Å². The third-order valence-corrected chi connectivity index (χ3v) is 4.99. The monoisotopic (exact) mass is 363 g/mol. The zero-order chi connectivity index (χ0) is 18.8. The van der Waals surface area contributed by atoms with E-state index in [0.717, 1.165) is 30.6 Å². The quantitative estimate of drug-likeness (QED) is 0.746. The average Bonchev–Trinajstić information content (AvgIpc) is 3.40. The van der Waals surface area contributed by atoms with E-state index in [2.05, 4.69) is 10.2 Å². The Balaban J connectivity index is 1.57. The molecule has 1 unspecified atom stereocenters. The molecule has 4 rings (SSSR count). The number of hydrogen-bond acceptors (Lipinski definition) is 3. The van der Waals surface area contributed by atoms with Crippen LogP contribution in [0.3, 0.4) is 0 Å². The van der Waals surface area contributed by atoms with Gasteiger partial charge in [-0.2, -0.15) is 5.10 Å². The van der Waals surface area contributed by atoms with Gasteiger partial charge in [0.05, 0.1) is 11.7 Å². The highest BCUT2D eigenvalue weighted by molar-refractivity contribution is 5.95. The molecule has 3 heterocycles. The first kappa shape index (κ1) is 17.1. The van der Waals surface area contributed by atoms with Crippen LogP contribution in [0.5, 0.6) is 0 Å². The van der Waals surface area contributed by atoms with Crippen LogP contribution in [-0.2, 0) is 0 Å². The molecule has 0 radical (unpaired) electrons. The molecule has 2 aromatic heterocycles. The van der Waals surface area contributed by atoms with Crippen LogP contribution in [0.2, 0.25) is 0 Å². The molecule has 27 heavy (non-hydrogen) atoms. The predicted octanol–water partition coefficient (Wildman–Crippen LogP) is 2.67. The number of likely N-dealkylation sites (tertiary alicyclic amines) is 1. The fourth-order valence-electron chi connectivity index (χ4n) is 3.58. The summed E-state index contributed by atoms with van der Waals surface area (Å²) in [6, 6.07) is 13.0. The maximum absolute atomic E-state index is 13.1. The van der Waals surface area contributed by atoms with Gasteiger partial charge in [-0.15, -0.1) is 0 Å². The number of H-pyrrole nitrogens is 1. The minimum atomic E-state index is -0.577. The number of benzene rings is 1. The van der Waals surface area contributed by atoms with E-state index in [1.807, 2.05) is 58.3 Å². The molecule has 1 aromatic carbocycles. The van der Waals surface area contributed by atoms with Crippen LogP contribution in [0, 0.1) is 0 Å². The number of primary amides is 1. The number of nitrogens with one attached hydrogen (secondary N) is 1. The summed E-state index contributed by atoms with van der Waals surface area (Å²) in [7, 11) is 0. The number of nitrogens with two attached hydrogens (primary N) is 1. The molecule has 1 saturated heterocycles. The van der Waals surface area contributed by atoms with Gasteiger partial charge in [0.1, 0.15) is 5.69 Å². The summed E-state index contributed by atoms with van der Waals surface area (Å²) < 4.78 is 1.99. The minimum Gasteiger partial charge on any atom is -0.364 e. The first-order valence-corrected chi connectivity index (χ1v) is 9.03. The third-order valence-electron chi connectivity index (χ3n) is 4.99. The lowest BCUT2D eigenvalue weighted by atomic mass is 9.98. The second-order valence-corrected chi connectivity index (χ2v) is 6.72. The molecule has 0 aliphatic carbocycles. The van der Waals surface area contributed by atoms with Crippen LogP contribution in [-0.4, -0.2) is 38.0 Å². The molecule has 1 aliphatic rings. The summed E-state index contributed by atoms with van der Waals surface area (Å²) in [5.74, 6) is -0.597. The van der Waals surface area contributed by atoms with Crippen molar-refractivity contribution >= 4 is 11.8 Å². The van der Waals surface area contributed by atoms with E-state index in [1.54, 1.807) is 6.07 Å². The Labute approximate surface area is 156 Å². The SMILES string of the molecule is NC(=O)c1cc(C2CCCCN2C(=O)c2ccc(-n3cccc3)cc2)[nH]n1. The molecular weight excluding hydrogens is 342 g/mol. The topological polar surface area (TPSA) is 97.0 Å². The van der Waals surface area contributed by atoms with E-state index in [-0.39, 0.29) is 17.6 Å². The Morgan fingerprint density at radius 1 is 1.11 bits per heavy atom.